The predicted molar refractivity (Wildman–Crippen MR) is 147 cm³/mol. The number of aliphatic hydroxyl groups is 2. The Morgan fingerprint density at radius 2 is 1.93 bits per heavy atom. The lowest BCUT2D eigenvalue weighted by molar-refractivity contribution is -0.00843. The van der Waals surface area contributed by atoms with Gasteiger partial charge in [-0.3, -0.25) is 4.90 Å². The van der Waals surface area contributed by atoms with Crippen LogP contribution < -0.4 is 20.3 Å². The molecule has 214 valence electrons. The molecule has 4 fully saturated rings. The van der Waals surface area contributed by atoms with Gasteiger partial charge in [0.2, 0.25) is 11.9 Å². The van der Waals surface area contributed by atoms with E-state index in [2.05, 4.69) is 25.8 Å². The van der Waals surface area contributed by atoms with Crippen molar-refractivity contribution in [2.24, 2.45) is 0 Å². The van der Waals surface area contributed by atoms with Crippen molar-refractivity contribution in [1.82, 2.24) is 19.9 Å². The number of ether oxygens (including phenoxy) is 1. The van der Waals surface area contributed by atoms with Crippen LogP contribution in [0.25, 0.3) is 0 Å². The predicted octanol–water partition coefficient (Wildman–Crippen LogP) is 1.37. The number of halogens is 1. The standard InChI is InChI=1S/C27H35FN8O3S/c1-25(38)8-17(37)11-34(12-25)22-31-23(33-24(32-22)39-15-27-4-2-6-36(27)10-16(28)7-27)35-13-26(14-35)5-3-19-20(26)18(9-29)21(30)40-19/h16-17,37-38H,2-8,10-15,30H2,1H3/t16-,17+,25+,27+/m1/s1. The van der Waals surface area contributed by atoms with Gasteiger partial charge in [-0.15, -0.1) is 11.3 Å². The van der Waals surface area contributed by atoms with Crippen LogP contribution in [0.3, 0.4) is 0 Å². The van der Waals surface area contributed by atoms with Crippen LogP contribution >= 0.6 is 11.3 Å². The van der Waals surface area contributed by atoms with Gasteiger partial charge in [0.15, 0.2) is 0 Å². The number of alkyl halides is 1. The van der Waals surface area contributed by atoms with Gasteiger partial charge in [0.1, 0.15) is 23.8 Å². The topological polar surface area (TPSA) is 148 Å². The van der Waals surface area contributed by atoms with E-state index in [1.54, 1.807) is 11.8 Å². The first-order valence-electron chi connectivity index (χ1n) is 14.1. The minimum atomic E-state index is -1.09. The molecule has 2 aromatic heterocycles. The number of hydrogen-bond donors (Lipinski definition) is 3. The number of fused-ring (bicyclic) bond motifs is 3. The summed E-state index contributed by atoms with van der Waals surface area (Å²) in [6, 6.07) is 2.47. The quantitative estimate of drug-likeness (QED) is 0.479. The first-order valence-corrected chi connectivity index (χ1v) is 14.9. The Balaban J connectivity index is 1.18. The highest BCUT2D eigenvalue weighted by atomic mass is 32.1. The van der Waals surface area contributed by atoms with E-state index in [-0.39, 0.29) is 36.5 Å². The van der Waals surface area contributed by atoms with Crippen molar-refractivity contribution >= 4 is 28.2 Å². The molecule has 6 heterocycles. The Kier molecular flexibility index (Phi) is 5.95. The number of nitrogen functional groups attached to an aromatic ring is 1. The average Bonchev–Trinajstić information content (AvgIpc) is 3.58. The van der Waals surface area contributed by atoms with Crippen LogP contribution in [0.15, 0.2) is 0 Å². The van der Waals surface area contributed by atoms with Gasteiger partial charge in [-0.2, -0.15) is 20.2 Å². The van der Waals surface area contributed by atoms with Crippen molar-refractivity contribution in [2.75, 3.05) is 61.4 Å². The van der Waals surface area contributed by atoms with Crippen LogP contribution in [0, 0.1) is 11.3 Å². The number of hydrogen-bond acceptors (Lipinski definition) is 12. The molecule has 0 amide bonds. The van der Waals surface area contributed by atoms with Crippen molar-refractivity contribution in [1.29, 1.82) is 5.26 Å². The molecule has 0 saturated carbocycles. The highest BCUT2D eigenvalue weighted by Gasteiger charge is 2.53. The van der Waals surface area contributed by atoms with Gasteiger partial charge in [0, 0.05) is 55.9 Å². The Bertz CT molecular complexity index is 1370. The summed E-state index contributed by atoms with van der Waals surface area (Å²) in [4.78, 5) is 21.3. The maximum absolute atomic E-state index is 14.3. The molecule has 1 spiro atoms. The first kappa shape index (κ1) is 26.1. The normalized spacial score (nSPS) is 32.7. The fraction of sp³-hybridized carbons (Fsp3) is 0.704. The van der Waals surface area contributed by atoms with E-state index in [1.165, 1.54) is 16.2 Å². The Morgan fingerprint density at radius 3 is 2.67 bits per heavy atom. The third kappa shape index (κ3) is 4.19. The van der Waals surface area contributed by atoms with Crippen LogP contribution in [0.1, 0.15) is 55.0 Å². The van der Waals surface area contributed by atoms with Gasteiger partial charge in [0.25, 0.3) is 0 Å². The fourth-order valence-electron chi connectivity index (χ4n) is 7.81. The van der Waals surface area contributed by atoms with Gasteiger partial charge in [-0.25, -0.2) is 4.39 Å². The Labute approximate surface area is 236 Å². The smallest absolute Gasteiger partial charge is 0.323 e. The van der Waals surface area contributed by atoms with Crippen LogP contribution in [0.5, 0.6) is 6.01 Å². The monoisotopic (exact) mass is 570 g/mol. The lowest BCUT2D eigenvalue weighted by atomic mass is 9.74. The SMILES string of the molecule is C[C@]1(O)C[C@H](O)CN(c2nc(OC[C@@]34CCCN3C[C@H](F)C4)nc(N3CC4(CCc5sc(N)c(C#N)c54)C3)n2)C1. The lowest BCUT2D eigenvalue weighted by Gasteiger charge is -2.48. The molecular formula is C27H35FN8O3S. The summed E-state index contributed by atoms with van der Waals surface area (Å²) in [6.07, 6.45) is 2.88. The van der Waals surface area contributed by atoms with E-state index < -0.39 is 17.9 Å². The summed E-state index contributed by atoms with van der Waals surface area (Å²) >= 11 is 1.52. The zero-order valence-electron chi connectivity index (χ0n) is 22.6. The number of thiophene rings is 1. The number of nitrogens with zero attached hydrogens (tertiary/aromatic N) is 7. The summed E-state index contributed by atoms with van der Waals surface area (Å²) in [5.74, 6) is 0.788. The zero-order chi connectivity index (χ0) is 27.9. The number of anilines is 3. The van der Waals surface area contributed by atoms with Crippen molar-refractivity contribution < 1.29 is 19.3 Å². The number of aliphatic hydroxyl groups excluding tert-OH is 1. The second-order valence-electron chi connectivity index (χ2n) is 12.7. The molecule has 1 aliphatic carbocycles. The summed E-state index contributed by atoms with van der Waals surface area (Å²) in [5.41, 5.74) is 6.24. The van der Waals surface area contributed by atoms with Gasteiger partial charge in [-0.1, -0.05) is 0 Å². The Hall–Kier alpha value is -2.79. The molecule has 11 nitrogen and oxygen atoms in total. The van der Waals surface area contributed by atoms with Crippen LogP contribution in [0.4, 0.5) is 21.3 Å². The fourth-order valence-corrected chi connectivity index (χ4v) is 8.95. The van der Waals surface area contributed by atoms with E-state index in [0.29, 0.717) is 55.1 Å². The molecule has 13 heteroatoms. The van der Waals surface area contributed by atoms with Crippen LogP contribution in [-0.2, 0) is 11.8 Å². The first-order chi connectivity index (χ1) is 19.1. The second kappa shape index (κ2) is 9.11. The number of β-amino-alcohol motifs (C(OH)–C–C–N with tert-alkyl or cyclic N) is 2. The minimum Gasteiger partial charge on any atom is -0.461 e. The number of piperidine rings is 1. The van der Waals surface area contributed by atoms with E-state index in [4.69, 9.17) is 15.5 Å². The van der Waals surface area contributed by atoms with Crippen molar-refractivity contribution in [3.63, 3.8) is 0 Å². The second-order valence-corrected chi connectivity index (χ2v) is 13.8. The summed E-state index contributed by atoms with van der Waals surface area (Å²) in [5, 5.41) is 31.5. The summed E-state index contributed by atoms with van der Waals surface area (Å²) in [7, 11) is 0. The number of nitrogens with two attached hydrogens (primary N) is 1. The molecule has 4 saturated heterocycles. The number of nitriles is 1. The van der Waals surface area contributed by atoms with E-state index in [9.17, 15) is 19.9 Å². The zero-order valence-corrected chi connectivity index (χ0v) is 23.5. The summed E-state index contributed by atoms with van der Waals surface area (Å²) < 4.78 is 20.6. The molecule has 4 N–H and O–H groups in total. The third-order valence-electron chi connectivity index (χ3n) is 9.49. The molecule has 5 aliphatic rings. The lowest BCUT2D eigenvalue weighted by Crippen LogP contribution is -2.59. The molecule has 0 aromatic carbocycles. The highest BCUT2D eigenvalue weighted by Crippen LogP contribution is 2.52. The minimum absolute atomic E-state index is 0.156. The van der Waals surface area contributed by atoms with E-state index >= 15 is 0 Å². The molecule has 2 aromatic rings. The summed E-state index contributed by atoms with van der Waals surface area (Å²) in [6.45, 7) is 5.14. The average molecular weight is 571 g/mol. The highest BCUT2D eigenvalue weighted by molar-refractivity contribution is 7.16. The molecular weight excluding hydrogens is 535 g/mol. The maximum atomic E-state index is 14.3. The van der Waals surface area contributed by atoms with Gasteiger partial charge in [0.05, 0.1) is 22.8 Å². The molecule has 4 atom stereocenters. The van der Waals surface area contributed by atoms with Gasteiger partial charge < -0.3 is 30.5 Å². The molecule has 7 rings (SSSR count). The van der Waals surface area contributed by atoms with Crippen molar-refractivity contribution in [3.05, 3.63) is 16.0 Å². The van der Waals surface area contributed by atoms with Crippen LogP contribution in [-0.4, -0.2) is 99.4 Å². The largest absolute Gasteiger partial charge is 0.461 e. The number of rotatable bonds is 5. The molecule has 0 unspecified atom stereocenters. The Morgan fingerprint density at radius 1 is 1.15 bits per heavy atom. The maximum Gasteiger partial charge on any atom is 0.323 e. The van der Waals surface area contributed by atoms with E-state index in [1.807, 2.05) is 0 Å². The number of aryl methyl sites for hydroxylation is 1. The van der Waals surface area contributed by atoms with Crippen LogP contribution in [0.2, 0.25) is 0 Å². The van der Waals surface area contributed by atoms with Crippen molar-refractivity contribution in [3.8, 4) is 12.1 Å². The number of aromatic nitrogens is 3. The molecule has 0 radical (unpaired) electrons. The third-order valence-corrected chi connectivity index (χ3v) is 10.6. The molecule has 40 heavy (non-hydrogen) atoms. The van der Waals surface area contributed by atoms with Gasteiger partial charge in [-0.05, 0) is 44.7 Å². The molecule has 0 bridgehead atoms. The van der Waals surface area contributed by atoms with Gasteiger partial charge >= 0.3 is 6.01 Å². The van der Waals surface area contributed by atoms with E-state index in [0.717, 1.165) is 37.8 Å². The van der Waals surface area contributed by atoms with Crippen molar-refractivity contribution in [2.45, 2.75) is 74.3 Å². The molecule has 4 aliphatic heterocycles.